The summed E-state index contributed by atoms with van der Waals surface area (Å²) in [5.74, 6) is 1.31. The van der Waals surface area contributed by atoms with E-state index in [1.165, 1.54) is 12.8 Å². The Bertz CT molecular complexity index is 380. The van der Waals surface area contributed by atoms with Gasteiger partial charge in [0, 0.05) is 24.7 Å². The summed E-state index contributed by atoms with van der Waals surface area (Å²) in [4.78, 5) is 2.51. The molecule has 2 heterocycles. The molecule has 0 bridgehead atoms. The van der Waals surface area contributed by atoms with Crippen LogP contribution >= 0.6 is 0 Å². The Morgan fingerprint density at radius 1 is 1.22 bits per heavy atom. The van der Waals surface area contributed by atoms with E-state index in [0.717, 1.165) is 6.54 Å². The molecule has 2 aliphatic heterocycles. The zero-order valence-electron chi connectivity index (χ0n) is 11.6. The van der Waals surface area contributed by atoms with Crippen LogP contribution in [0.4, 0.5) is 0 Å². The monoisotopic (exact) mass is 274 g/mol. The second-order valence-corrected chi connectivity index (χ2v) is 8.57. The maximum Gasteiger partial charge on any atom is 0.150 e. The highest BCUT2D eigenvalue weighted by Crippen LogP contribution is 2.35. The second kappa shape index (κ2) is 5.10. The fourth-order valence-electron chi connectivity index (χ4n) is 3.48. The summed E-state index contributed by atoms with van der Waals surface area (Å²) >= 11 is 0. The lowest BCUT2D eigenvalue weighted by Gasteiger charge is -2.51. The molecule has 2 rings (SSSR count). The van der Waals surface area contributed by atoms with Gasteiger partial charge in [0.25, 0.3) is 0 Å². The van der Waals surface area contributed by atoms with E-state index in [4.69, 9.17) is 5.73 Å². The molecule has 4 nitrogen and oxygen atoms in total. The number of sulfone groups is 1. The number of hydrogen-bond donors (Lipinski definition) is 1. The summed E-state index contributed by atoms with van der Waals surface area (Å²) in [6.45, 7) is 6.19. The first-order valence-electron chi connectivity index (χ1n) is 7.06. The summed E-state index contributed by atoms with van der Waals surface area (Å²) < 4.78 is 23.2. The van der Waals surface area contributed by atoms with Crippen LogP contribution in [-0.2, 0) is 9.84 Å². The van der Waals surface area contributed by atoms with Gasteiger partial charge >= 0.3 is 0 Å². The molecular formula is C13H26N2O2S. The van der Waals surface area contributed by atoms with Crippen LogP contribution in [0.2, 0.25) is 0 Å². The van der Waals surface area contributed by atoms with Crippen LogP contribution in [0, 0.1) is 5.92 Å². The van der Waals surface area contributed by atoms with Crippen molar-refractivity contribution in [1.82, 2.24) is 4.90 Å². The van der Waals surface area contributed by atoms with Crippen molar-refractivity contribution >= 4 is 9.84 Å². The minimum atomic E-state index is -2.82. The Labute approximate surface area is 111 Å². The van der Waals surface area contributed by atoms with Crippen molar-refractivity contribution in [1.29, 1.82) is 0 Å². The Balaban J connectivity index is 2.17. The first-order chi connectivity index (χ1) is 8.38. The smallest absolute Gasteiger partial charge is 0.150 e. The number of rotatable bonds is 2. The molecule has 0 spiro atoms. The van der Waals surface area contributed by atoms with Gasteiger partial charge in [0.1, 0.15) is 9.84 Å². The highest BCUT2D eigenvalue weighted by atomic mass is 32.2. The Morgan fingerprint density at radius 2 is 1.83 bits per heavy atom. The van der Waals surface area contributed by atoms with Crippen LogP contribution in [0.3, 0.4) is 0 Å². The van der Waals surface area contributed by atoms with Gasteiger partial charge in [0.05, 0.1) is 11.5 Å². The first kappa shape index (κ1) is 14.3. The van der Waals surface area contributed by atoms with Crippen molar-refractivity contribution in [2.24, 2.45) is 11.7 Å². The summed E-state index contributed by atoms with van der Waals surface area (Å²) in [5.41, 5.74) is 5.96. The zero-order chi connectivity index (χ0) is 13.4. The van der Waals surface area contributed by atoms with Gasteiger partial charge in [-0.05, 0) is 38.5 Å². The molecule has 2 unspecified atom stereocenters. The van der Waals surface area contributed by atoms with Crippen molar-refractivity contribution in [3.05, 3.63) is 0 Å². The van der Waals surface area contributed by atoms with Crippen molar-refractivity contribution in [3.8, 4) is 0 Å². The van der Waals surface area contributed by atoms with E-state index in [1.54, 1.807) is 0 Å². The quantitative estimate of drug-likeness (QED) is 0.816. The molecule has 2 saturated heterocycles. The summed E-state index contributed by atoms with van der Waals surface area (Å²) in [6.07, 6.45) is 3.90. The van der Waals surface area contributed by atoms with Crippen LogP contribution in [0.5, 0.6) is 0 Å². The highest BCUT2D eigenvalue weighted by Gasteiger charge is 2.44. The fraction of sp³-hybridized carbons (Fsp3) is 1.00. The van der Waals surface area contributed by atoms with E-state index >= 15 is 0 Å². The molecule has 18 heavy (non-hydrogen) atoms. The van der Waals surface area contributed by atoms with Gasteiger partial charge in [-0.15, -0.1) is 0 Å². The largest absolute Gasteiger partial charge is 0.329 e. The maximum atomic E-state index is 11.6. The van der Waals surface area contributed by atoms with Crippen LogP contribution in [0.25, 0.3) is 0 Å². The molecule has 2 fully saturated rings. The molecule has 2 N–H and O–H groups in total. The average molecular weight is 274 g/mol. The lowest BCUT2D eigenvalue weighted by Crippen LogP contribution is -2.62. The van der Waals surface area contributed by atoms with Gasteiger partial charge in [-0.2, -0.15) is 0 Å². The molecule has 0 aromatic carbocycles. The van der Waals surface area contributed by atoms with Gasteiger partial charge < -0.3 is 5.73 Å². The molecule has 5 heteroatoms. The fourth-order valence-corrected chi connectivity index (χ4v) is 5.06. The SMILES string of the molecule is CC1CCC(C)N(C2(CN)CCS(=O)(=O)CC2)C1. The van der Waals surface area contributed by atoms with Crippen molar-refractivity contribution < 1.29 is 8.42 Å². The third-order valence-electron chi connectivity index (χ3n) is 4.86. The van der Waals surface area contributed by atoms with Crippen LogP contribution in [-0.4, -0.2) is 49.5 Å². The standard InChI is InChI=1S/C13H26N2O2S/c1-11-3-4-12(2)15(9-11)13(10-14)5-7-18(16,17)8-6-13/h11-12H,3-10,14H2,1-2H3. The predicted octanol–water partition coefficient (Wildman–Crippen LogP) is 1.01. The maximum absolute atomic E-state index is 11.6. The lowest BCUT2D eigenvalue weighted by atomic mass is 9.83. The first-order valence-corrected chi connectivity index (χ1v) is 8.88. The van der Waals surface area contributed by atoms with Crippen LogP contribution < -0.4 is 5.73 Å². The Hall–Kier alpha value is -0.130. The third-order valence-corrected chi connectivity index (χ3v) is 6.52. The van der Waals surface area contributed by atoms with E-state index in [2.05, 4.69) is 18.7 Å². The molecule has 0 aliphatic carbocycles. The molecule has 106 valence electrons. The van der Waals surface area contributed by atoms with Crippen molar-refractivity contribution in [2.75, 3.05) is 24.6 Å². The Kier molecular flexibility index (Phi) is 4.04. The van der Waals surface area contributed by atoms with Crippen LogP contribution in [0.15, 0.2) is 0 Å². The molecule has 0 radical (unpaired) electrons. The second-order valence-electron chi connectivity index (χ2n) is 6.26. The topological polar surface area (TPSA) is 63.4 Å². The minimum absolute atomic E-state index is 0.0700. The van der Waals surface area contributed by atoms with E-state index in [9.17, 15) is 8.42 Å². The predicted molar refractivity (Wildman–Crippen MR) is 74.2 cm³/mol. The van der Waals surface area contributed by atoms with Gasteiger partial charge in [-0.25, -0.2) is 8.42 Å². The average Bonchev–Trinajstić information content (AvgIpc) is 2.33. The van der Waals surface area contributed by atoms with E-state index < -0.39 is 9.84 Å². The number of nitrogens with zero attached hydrogens (tertiary/aromatic N) is 1. The van der Waals surface area contributed by atoms with Crippen molar-refractivity contribution in [2.45, 2.75) is 51.1 Å². The zero-order valence-corrected chi connectivity index (χ0v) is 12.4. The number of hydrogen-bond acceptors (Lipinski definition) is 4. The molecule has 2 atom stereocenters. The van der Waals surface area contributed by atoms with E-state index in [0.29, 0.717) is 42.9 Å². The van der Waals surface area contributed by atoms with Crippen molar-refractivity contribution in [3.63, 3.8) is 0 Å². The molecule has 0 amide bonds. The number of nitrogens with two attached hydrogens (primary N) is 1. The Morgan fingerprint density at radius 3 is 2.39 bits per heavy atom. The van der Waals surface area contributed by atoms with Gasteiger partial charge in [0.15, 0.2) is 0 Å². The normalized spacial score (nSPS) is 36.4. The van der Waals surface area contributed by atoms with Gasteiger partial charge in [-0.3, -0.25) is 4.90 Å². The number of piperidine rings is 1. The molecule has 0 saturated carbocycles. The third kappa shape index (κ3) is 2.73. The summed E-state index contributed by atoms with van der Waals surface area (Å²) in [6, 6.07) is 0.533. The summed E-state index contributed by atoms with van der Waals surface area (Å²) in [7, 11) is -2.82. The number of likely N-dealkylation sites (tertiary alicyclic amines) is 1. The lowest BCUT2D eigenvalue weighted by molar-refractivity contribution is 0.00376. The van der Waals surface area contributed by atoms with E-state index in [-0.39, 0.29) is 5.54 Å². The minimum Gasteiger partial charge on any atom is -0.329 e. The van der Waals surface area contributed by atoms with Crippen LogP contribution in [0.1, 0.15) is 39.5 Å². The molecule has 0 aromatic heterocycles. The molecule has 0 aromatic rings. The van der Waals surface area contributed by atoms with Gasteiger partial charge in [-0.1, -0.05) is 6.92 Å². The summed E-state index contributed by atoms with van der Waals surface area (Å²) in [5, 5.41) is 0. The highest BCUT2D eigenvalue weighted by molar-refractivity contribution is 7.91. The molecular weight excluding hydrogens is 248 g/mol. The van der Waals surface area contributed by atoms with Gasteiger partial charge in [0.2, 0.25) is 0 Å². The van der Waals surface area contributed by atoms with E-state index in [1.807, 2.05) is 0 Å². The molecule has 2 aliphatic rings.